The van der Waals surface area contributed by atoms with Crippen molar-refractivity contribution in [2.24, 2.45) is 18.0 Å². The summed E-state index contributed by atoms with van der Waals surface area (Å²) in [6, 6.07) is 15.0. The van der Waals surface area contributed by atoms with Gasteiger partial charge in [0.1, 0.15) is 17.3 Å². The molecule has 2 heterocycles. The molecule has 0 amide bonds. The Hall–Kier alpha value is -4.34. The van der Waals surface area contributed by atoms with Crippen molar-refractivity contribution >= 4 is 17.7 Å². The Kier molecular flexibility index (Phi) is 9.78. The van der Waals surface area contributed by atoms with E-state index < -0.39 is 0 Å². The fraction of sp³-hybridized carbons (Fsp3) is 0.324. The van der Waals surface area contributed by atoms with E-state index in [0.717, 1.165) is 27.8 Å². The van der Waals surface area contributed by atoms with E-state index in [0.29, 0.717) is 40.8 Å². The molecule has 0 radical (unpaired) electrons. The molecule has 4 rings (SSSR count). The summed E-state index contributed by atoms with van der Waals surface area (Å²) in [5, 5.41) is 20.7. The first kappa shape index (κ1) is 31.6. The predicted molar refractivity (Wildman–Crippen MR) is 172 cm³/mol. The van der Waals surface area contributed by atoms with Crippen LogP contribution in [0.25, 0.3) is 11.1 Å². The van der Waals surface area contributed by atoms with E-state index in [1.54, 1.807) is 31.6 Å². The quantitative estimate of drug-likeness (QED) is 0.111. The molecule has 0 aliphatic carbocycles. The highest BCUT2D eigenvalue weighted by Gasteiger charge is 2.20. The molecule has 43 heavy (non-hydrogen) atoms. The first-order valence-corrected chi connectivity index (χ1v) is 14.4. The van der Waals surface area contributed by atoms with Crippen molar-refractivity contribution in [1.29, 1.82) is 0 Å². The van der Waals surface area contributed by atoms with E-state index in [1.807, 2.05) is 57.2 Å². The lowest BCUT2D eigenvalue weighted by molar-refractivity contribution is 0.281. The number of hydrogen-bond acceptors (Lipinski definition) is 7. The maximum absolute atomic E-state index is 15.5. The van der Waals surface area contributed by atoms with Gasteiger partial charge in [-0.1, -0.05) is 58.9 Å². The van der Waals surface area contributed by atoms with Crippen LogP contribution in [0.3, 0.4) is 0 Å². The number of aryl methyl sites for hydroxylation is 1. The molecule has 0 saturated heterocycles. The smallest absolute Gasteiger partial charge is 0.274 e. The molecule has 0 unspecified atom stereocenters. The first-order chi connectivity index (χ1) is 20.4. The van der Waals surface area contributed by atoms with Crippen molar-refractivity contribution in [1.82, 2.24) is 14.9 Å². The van der Waals surface area contributed by atoms with Gasteiger partial charge in [0, 0.05) is 55.1 Å². The summed E-state index contributed by atoms with van der Waals surface area (Å²) < 4.78 is 17.0. The number of anilines is 2. The average molecular weight is 585 g/mol. The van der Waals surface area contributed by atoms with E-state index in [9.17, 15) is 9.90 Å². The Bertz CT molecular complexity index is 1670. The standard InChI is InChI=1S/C34H41FN6O2/c1-21(2)37-16-22-10-11-32(38-17-22)40-31-14-25(19-41(6)33(31)43)27-9-7-8-23(29(27)20-42)13-28-24(18-39-36)12-26(15-30(28)35)34(3,4)5/h7-12,14-15,17-19,21,37,42H,13,16,20,36H2,1-6H3,(H,38,40)/b39-18-. The first-order valence-electron chi connectivity index (χ1n) is 14.4. The zero-order chi connectivity index (χ0) is 31.3. The lowest BCUT2D eigenvalue weighted by atomic mass is 9.84. The van der Waals surface area contributed by atoms with Crippen molar-refractivity contribution in [2.75, 3.05) is 5.32 Å². The van der Waals surface area contributed by atoms with Crippen LogP contribution < -0.4 is 22.0 Å². The number of hydrazone groups is 1. The van der Waals surface area contributed by atoms with Crippen LogP contribution in [0.4, 0.5) is 15.9 Å². The van der Waals surface area contributed by atoms with Crippen molar-refractivity contribution in [3.8, 4) is 11.1 Å². The fourth-order valence-electron chi connectivity index (χ4n) is 4.93. The Morgan fingerprint density at radius 3 is 2.53 bits per heavy atom. The van der Waals surface area contributed by atoms with Crippen LogP contribution in [0.15, 0.2) is 70.8 Å². The SMILES string of the molecule is CC(C)NCc1ccc(Nc2cc(-c3cccc(Cc4c(F)cc(C(C)(C)C)cc4/C=N\N)c3CO)cn(C)c2=O)nc1. The molecule has 226 valence electrons. The number of pyridine rings is 2. The van der Waals surface area contributed by atoms with Gasteiger partial charge in [-0.15, -0.1) is 0 Å². The third-order valence-corrected chi connectivity index (χ3v) is 7.40. The number of halogens is 1. The van der Waals surface area contributed by atoms with E-state index in [4.69, 9.17) is 5.84 Å². The molecular weight excluding hydrogens is 543 g/mol. The number of benzene rings is 2. The third-order valence-electron chi connectivity index (χ3n) is 7.40. The van der Waals surface area contributed by atoms with Crippen LogP contribution in [-0.2, 0) is 32.0 Å². The maximum Gasteiger partial charge on any atom is 0.274 e. The minimum atomic E-state index is -0.358. The van der Waals surface area contributed by atoms with Gasteiger partial charge in [-0.25, -0.2) is 9.37 Å². The molecule has 0 atom stereocenters. The molecule has 2 aromatic heterocycles. The lowest BCUT2D eigenvalue weighted by Crippen LogP contribution is -2.22. The Labute approximate surface area is 252 Å². The minimum absolute atomic E-state index is 0.218. The molecule has 4 aromatic rings. The number of aliphatic hydroxyl groups excluding tert-OH is 1. The molecule has 0 bridgehead atoms. The fourth-order valence-corrected chi connectivity index (χ4v) is 4.93. The van der Waals surface area contributed by atoms with Crippen molar-refractivity contribution in [3.05, 3.63) is 110 Å². The summed E-state index contributed by atoms with van der Waals surface area (Å²) in [5.41, 5.74) is 5.63. The lowest BCUT2D eigenvalue weighted by Gasteiger charge is -2.22. The predicted octanol–water partition coefficient (Wildman–Crippen LogP) is 5.50. The maximum atomic E-state index is 15.5. The summed E-state index contributed by atoms with van der Waals surface area (Å²) in [6.45, 7) is 10.7. The summed E-state index contributed by atoms with van der Waals surface area (Å²) in [4.78, 5) is 17.5. The molecule has 8 nitrogen and oxygen atoms in total. The second-order valence-electron chi connectivity index (χ2n) is 12.1. The number of aromatic nitrogens is 2. The van der Waals surface area contributed by atoms with Crippen molar-refractivity contribution < 1.29 is 9.50 Å². The zero-order valence-electron chi connectivity index (χ0n) is 25.7. The van der Waals surface area contributed by atoms with E-state index in [1.165, 1.54) is 10.8 Å². The number of nitrogens with two attached hydrogens (primary N) is 1. The van der Waals surface area contributed by atoms with Gasteiger partial charge >= 0.3 is 0 Å². The van der Waals surface area contributed by atoms with Crippen molar-refractivity contribution in [2.45, 2.75) is 65.6 Å². The van der Waals surface area contributed by atoms with Gasteiger partial charge in [0.25, 0.3) is 5.56 Å². The number of rotatable bonds is 10. The Balaban J connectivity index is 1.71. The molecule has 0 spiro atoms. The monoisotopic (exact) mass is 584 g/mol. The van der Waals surface area contributed by atoms with Gasteiger partial charge in [-0.2, -0.15) is 5.10 Å². The van der Waals surface area contributed by atoms with Gasteiger partial charge < -0.3 is 26.1 Å². The van der Waals surface area contributed by atoms with E-state index in [-0.39, 0.29) is 29.8 Å². The Morgan fingerprint density at radius 2 is 1.91 bits per heavy atom. The molecule has 9 heteroatoms. The van der Waals surface area contributed by atoms with Crippen molar-refractivity contribution in [3.63, 3.8) is 0 Å². The van der Waals surface area contributed by atoms with Gasteiger partial charge in [0.15, 0.2) is 0 Å². The van der Waals surface area contributed by atoms with Gasteiger partial charge in [-0.05, 0) is 57.5 Å². The third kappa shape index (κ3) is 7.55. The summed E-state index contributed by atoms with van der Waals surface area (Å²) >= 11 is 0. The second kappa shape index (κ2) is 13.3. The van der Waals surface area contributed by atoms with Crippen LogP contribution in [0.1, 0.15) is 68.0 Å². The molecule has 2 aromatic carbocycles. The van der Waals surface area contributed by atoms with E-state index >= 15 is 4.39 Å². The largest absolute Gasteiger partial charge is 0.392 e. The van der Waals surface area contributed by atoms with Crippen LogP contribution in [0.2, 0.25) is 0 Å². The number of nitrogens with zero attached hydrogens (tertiary/aromatic N) is 3. The number of hydrogen-bond donors (Lipinski definition) is 4. The average Bonchev–Trinajstić information content (AvgIpc) is 2.96. The summed E-state index contributed by atoms with van der Waals surface area (Å²) in [5.74, 6) is 5.67. The highest BCUT2D eigenvalue weighted by atomic mass is 19.1. The van der Waals surface area contributed by atoms with Crippen LogP contribution >= 0.6 is 0 Å². The van der Waals surface area contributed by atoms with Crippen LogP contribution in [0, 0.1) is 5.82 Å². The van der Waals surface area contributed by atoms with Gasteiger partial charge in [0.05, 0.1) is 12.8 Å². The summed E-state index contributed by atoms with van der Waals surface area (Å²) in [7, 11) is 1.68. The number of aliphatic hydroxyl groups is 1. The van der Waals surface area contributed by atoms with Gasteiger partial charge in [0.2, 0.25) is 0 Å². The minimum Gasteiger partial charge on any atom is -0.392 e. The Morgan fingerprint density at radius 1 is 1.14 bits per heavy atom. The topological polar surface area (TPSA) is 118 Å². The highest BCUT2D eigenvalue weighted by molar-refractivity contribution is 5.82. The van der Waals surface area contributed by atoms with Crippen LogP contribution in [-0.4, -0.2) is 26.9 Å². The second-order valence-corrected chi connectivity index (χ2v) is 12.1. The molecule has 5 N–H and O–H groups in total. The number of nitrogens with one attached hydrogen (secondary N) is 2. The summed E-state index contributed by atoms with van der Waals surface area (Å²) in [6.07, 6.45) is 5.18. The molecule has 0 aliphatic rings. The van der Waals surface area contributed by atoms with Crippen LogP contribution in [0.5, 0.6) is 0 Å². The zero-order valence-corrected chi connectivity index (χ0v) is 25.7. The van der Waals surface area contributed by atoms with Gasteiger partial charge in [-0.3, -0.25) is 4.79 Å². The molecular formula is C34H41FN6O2. The molecule has 0 fully saturated rings. The normalized spacial score (nSPS) is 11.9. The molecule has 0 saturated carbocycles. The van der Waals surface area contributed by atoms with E-state index in [2.05, 4.69) is 34.6 Å². The molecule has 0 aliphatic heterocycles. The highest BCUT2D eigenvalue weighted by Crippen LogP contribution is 2.32.